The van der Waals surface area contributed by atoms with Gasteiger partial charge in [0.25, 0.3) is 0 Å². The molecule has 0 radical (unpaired) electrons. The quantitative estimate of drug-likeness (QED) is 0.292. The van der Waals surface area contributed by atoms with Crippen molar-refractivity contribution in [2.24, 2.45) is 16.7 Å². The van der Waals surface area contributed by atoms with Crippen molar-refractivity contribution in [2.75, 3.05) is 31.1 Å². The van der Waals surface area contributed by atoms with Crippen LogP contribution >= 0.6 is 34.5 Å². The summed E-state index contributed by atoms with van der Waals surface area (Å²) in [6.07, 6.45) is 1.45. The van der Waals surface area contributed by atoms with E-state index in [0.29, 0.717) is 41.3 Å². The molecule has 7 rings (SSSR count). The molecule has 1 spiro atoms. The Morgan fingerprint density at radius 1 is 1.13 bits per heavy atom. The number of carbonyl (C=O) groups excluding carboxylic acids is 1. The van der Waals surface area contributed by atoms with Gasteiger partial charge in [0.2, 0.25) is 17.7 Å². The highest BCUT2D eigenvalue weighted by Gasteiger charge is 2.61. The van der Waals surface area contributed by atoms with Crippen LogP contribution in [0.2, 0.25) is 10.0 Å². The van der Waals surface area contributed by atoms with Crippen molar-refractivity contribution in [1.29, 1.82) is 0 Å². The molecule has 2 aromatic heterocycles. The lowest BCUT2D eigenvalue weighted by atomic mass is 9.71. The van der Waals surface area contributed by atoms with Crippen molar-refractivity contribution in [3.63, 3.8) is 0 Å². The molecule has 7 nitrogen and oxygen atoms in total. The van der Waals surface area contributed by atoms with Gasteiger partial charge < -0.3 is 14.2 Å². The van der Waals surface area contributed by atoms with Gasteiger partial charge in [-0.2, -0.15) is 0 Å². The van der Waals surface area contributed by atoms with Gasteiger partial charge in [-0.1, -0.05) is 49.2 Å². The van der Waals surface area contributed by atoms with Gasteiger partial charge >= 0.3 is 0 Å². The highest BCUT2D eigenvalue weighted by atomic mass is 35.5. The monoisotopic (exact) mass is 567 g/mol. The lowest BCUT2D eigenvalue weighted by Crippen LogP contribution is -2.62. The molecule has 1 amide bonds. The van der Waals surface area contributed by atoms with Crippen LogP contribution in [0.5, 0.6) is 0 Å². The molecule has 2 atom stereocenters. The van der Waals surface area contributed by atoms with Crippen molar-refractivity contribution >= 4 is 56.3 Å². The fourth-order valence-corrected chi connectivity index (χ4v) is 7.37. The standard InChI is InChI=1S/C28H27Cl2N5O2S/c1-27(2)10-17(27)26(36)35-13-28(14-35)12-34(22-5-3-4-21-24(22)38-15-31-21)11-18(28)25-33-32-23(37-25)9-16-6-7-19(29)20(30)8-16/h3-8,15,17-18H,9-14H2,1-2H3/t17-,18?/m1/s1. The summed E-state index contributed by atoms with van der Waals surface area (Å²) in [5.41, 5.74) is 5.03. The fraction of sp³-hybridized carbons (Fsp3) is 0.429. The average molecular weight is 569 g/mol. The molecular weight excluding hydrogens is 541 g/mol. The minimum absolute atomic E-state index is 0.0250. The molecule has 3 fully saturated rings. The van der Waals surface area contributed by atoms with Crippen LogP contribution in [-0.2, 0) is 11.2 Å². The summed E-state index contributed by atoms with van der Waals surface area (Å²) in [4.78, 5) is 22.1. The van der Waals surface area contributed by atoms with Crippen LogP contribution in [0.3, 0.4) is 0 Å². The second-order valence-corrected chi connectivity index (χ2v) is 13.3. The molecule has 4 heterocycles. The largest absolute Gasteiger partial charge is 0.425 e. The van der Waals surface area contributed by atoms with Crippen LogP contribution in [0.1, 0.15) is 43.5 Å². The third-order valence-corrected chi connectivity index (χ3v) is 10.2. The number of halogens is 2. The molecule has 0 N–H and O–H groups in total. The van der Waals surface area contributed by atoms with Crippen molar-refractivity contribution in [1.82, 2.24) is 20.1 Å². The Morgan fingerprint density at radius 2 is 1.95 bits per heavy atom. The third-order valence-electron chi connectivity index (χ3n) is 8.58. The second kappa shape index (κ2) is 8.66. The summed E-state index contributed by atoms with van der Waals surface area (Å²) in [6.45, 7) is 7.36. The molecule has 1 saturated carbocycles. The van der Waals surface area contributed by atoms with Gasteiger partial charge in [-0.25, -0.2) is 4.98 Å². The Labute approximate surface area is 234 Å². The topological polar surface area (TPSA) is 75.4 Å². The highest BCUT2D eigenvalue weighted by Crippen LogP contribution is 2.56. The summed E-state index contributed by atoms with van der Waals surface area (Å²) in [5.74, 6) is 1.63. The number of aromatic nitrogens is 3. The van der Waals surface area contributed by atoms with Gasteiger partial charge in [-0.3, -0.25) is 4.79 Å². The number of nitrogens with zero attached hydrogens (tertiary/aromatic N) is 5. The number of hydrogen-bond donors (Lipinski definition) is 0. The van der Waals surface area contributed by atoms with Gasteiger partial charge in [-0.05, 0) is 41.7 Å². The average Bonchev–Trinajstić information content (AvgIpc) is 3.34. The number of rotatable bonds is 5. The number of amides is 1. The molecule has 38 heavy (non-hydrogen) atoms. The Kier molecular flexibility index (Phi) is 5.55. The highest BCUT2D eigenvalue weighted by molar-refractivity contribution is 7.17. The minimum Gasteiger partial charge on any atom is -0.425 e. The maximum Gasteiger partial charge on any atom is 0.226 e. The van der Waals surface area contributed by atoms with Crippen LogP contribution in [-0.4, -0.2) is 52.2 Å². The maximum absolute atomic E-state index is 13.2. The minimum atomic E-state index is -0.130. The molecule has 196 valence electrons. The van der Waals surface area contributed by atoms with E-state index in [2.05, 4.69) is 46.1 Å². The molecule has 1 aliphatic carbocycles. The number of fused-ring (bicyclic) bond motifs is 1. The van der Waals surface area contributed by atoms with E-state index < -0.39 is 0 Å². The van der Waals surface area contributed by atoms with E-state index in [1.54, 1.807) is 17.4 Å². The van der Waals surface area contributed by atoms with E-state index in [-0.39, 0.29) is 28.6 Å². The number of hydrogen-bond acceptors (Lipinski definition) is 7. The van der Waals surface area contributed by atoms with E-state index in [4.69, 9.17) is 27.6 Å². The first-order valence-corrected chi connectivity index (χ1v) is 14.5. The van der Waals surface area contributed by atoms with E-state index in [1.807, 2.05) is 28.6 Å². The van der Waals surface area contributed by atoms with Gasteiger partial charge in [0.1, 0.15) is 0 Å². The van der Waals surface area contributed by atoms with Crippen molar-refractivity contribution in [3.8, 4) is 0 Å². The van der Waals surface area contributed by atoms with E-state index in [1.165, 1.54) is 10.4 Å². The first-order chi connectivity index (χ1) is 18.2. The number of thiazole rings is 1. The Balaban J connectivity index is 1.17. The molecule has 0 bridgehead atoms. The summed E-state index contributed by atoms with van der Waals surface area (Å²) >= 11 is 13.9. The summed E-state index contributed by atoms with van der Waals surface area (Å²) in [7, 11) is 0. The lowest BCUT2D eigenvalue weighted by Gasteiger charge is -2.50. The Hall–Kier alpha value is -2.68. The molecule has 2 aromatic carbocycles. The van der Waals surface area contributed by atoms with Gasteiger partial charge in [0.05, 0.1) is 43.8 Å². The Morgan fingerprint density at radius 3 is 2.71 bits per heavy atom. The molecule has 3 aliphatic rings. The van der Waals surface area contributed by atoms with Crippen LogP contribution in [0, 0.1) is 16.7 Å². The lowest BCUT2D eigenvalue weighted by molar-refractivity contribution is -0.145. The van der Waals surface area contributed by atoms with Gasteiger partial charge in [0.15, 0.2) is 0 Å². The Bertz CT molecular complexity index is 1560. The first-order valence-electron chi connectivity index (χ1n) is 12.8. The summed E-state index contributed by atoms with van der Waals surface area (Å²) < 4.78 is 7.46. The molecule has 2 aliphatic heterocycles. The molecule has 4 aromatic rings. The maximum atomic E-state index is 13.2. The van der Waals surface area contributed by atoms with Crippen LogP contribution in [0.25, 0.3) is 10.2 Å². The predicted octanol–water partition coefficient (Wildman–Crippen LogP) is 6.06. The SMILES string of the molecule is CC1(C)C[C@@H]1C(=O)N1CC2(C1)CN(c1cccc3ncsc13)CC2c1nnc(Cc2ccc(Cl)c(Cl)c2)o1. The van der Waals surface area contributed by atoms with E-state index in [0.717, 1.165) is 30.6 Å². The van der Waals surface area contributed by atoms with Crippen LogP contribution in [0.4, 0.5) is 5.69 Å². The number of likely N-dealkylation sites (tertiary alicyclic amines) is 1. The van der Waals surface area contributed by atoms with Crippen LogP contribution in [0.15, 0.2) is 46.3 Å². The molecule has 1 unspecified atom stereocenters. The van der Waals surface area contributed by atoms with Crippen molar-refractivity contribution < 1.29 is 9.21 Å². The fourth-order valence-electron chi connectivity index (χ4n) is 6.22. The molecule has 10 heteroatoms. The molecule has 2 saturated heterocycles. The van der Waals surface area contributed by atoms with E-state index >= 15 is 0 Å². The summed E-state index contributed by atoms with van der Waals surface area (Å²) in [5, 5.41) is 9.92. The van der Waals surface area contributed by atoms with E-state index in [9.17, 15) is 4.79 Å². The molecular formula is C28H27Cl2N5O2S. The van der Waals surface area contributed by atoms with Crippen molar-refractivity contribution in [3.05, 3.63) is 69.3 Å². The number of anilines is 1. The second-order valence-electron chi connectivity index (χ2n) is 11.7. The zero-order valence-corrected chi connectivity index (χ0v) is 23.5. The van der Waals surface area contributed by atoms with Gasteiger partial charge in [-0.15, -0.1) is 21.5 Å². The zero-order chi connectivity index (χ0) is 26.2. The normalized spacial score (nSPS) is 23.3. The number of carbonyl (C=O) groups is 1. The smallest absolute Gasteiger partial charge is 0.226 e. The zero-order valence-electron chi connectivity index (χ0n) is 21.2. The van der Waals surface area contributed by atoms with Crippen molar-refractivity contribution in [2.45, 2.75) is 32.6 Å². The third kappa shape index (κ3) is 4.00. The predicted molar refractivity (Wildman–Crippen MR) is 149 cm³/mol. The number of benzene rings is 2. The van der Waals surface area contributed by atoms with Crippen LogP contribution < -0.4 is 4.90 Å². The summed E-state index contributed by atoms with van der Waals surface area (Å²) in [6, 6.07) is 11.8. The van der Waals surface area contributed by atoms with Gasteiger partial charge in [0, 0.05) is 37.5 Å². The first kappa shape index (κ1) is 24.4.